The highest BCUT2D eigenvalue weighted by molar-refractivity contribution is 7.91. The summed E-state index contributed by atoms with van der Waals surface area (Å²) >= 11 is 0. The molecule has 0 spiro atoms. The van der Waals surface area contributed by atoms with E-state index in [9.17, 15) is 8.42 Å². The van der Waals surface area contributed by atoms with Crippen LogP contribution in [0.4, 0.5) is 11.6 Å². The van der Waals surface area contributed by atoms with Crippen molar-refractivity contribution in [1.82, 2.24) is 9.97 Å². The van der Waals surface area contributed by atoms with Gasteiger partial charge in [-0.3, -0.25) is 0 Å². The maximum atomic E-state index is 11.7. The summed E-state index contributed by atoms with van der Waals surface area (Å²) < 4.78 is 23.4. The molecule has 0 aromatic carbocycles. The lowest BCUT2D eigenvalue weighted by molar-refractivity contribution is 0.566. The molecule has 2 rings (SSSR count). The van der Waals surface area contributed by atoms with Gasteiger partial charge in [-0.15, -0.1) is 0 Å². The second-order valence-electron chi connectivity index (χ2n) is 5.26. The number of hydrogen-bond donors (Lipinski definition) is 1. The van der Waals surface area contributed by atoms with Gasteiger partial charge in [0.2, 0.25) is 0 Å². The first-order valence-electron chi connectivity index (χ1n) is 6.90. The fourth-order valence-electron chi connectivity index (χ4n) is 2.55. The van der Waals surface area contributed by atoms with E-state index in [1.165, 1.54) is 0 Å². The molecule has 1 aromatic heterocycles. The van der Waals surface area contributed by atoms with Gasteiger partial charge in [0.1, 0.15) is 17.5 Å². The van der Waals surface area contributed by atoms with Crippen LogP contribution in [0.15, 0.2) is 0 Å². The fraction of sp³-hybridized carbons (Fsp3) is 0.692. The summed E-state index contributed by atoms with van der Waals surface area (Å²) in [5.41, 5.74) is 0.976. The standard InChI is InChI=1S/C13H22N4O2S/c1-5-14-12-10(3)13(16-11(4)15-12)17-6-7-20(18,19)8-9(17)2/h9H,5-8H2,1-4H3,(H,14,15,16). The van der Waals surface area contributed by atoms with Gasteiger partial charge in [0, 0.05) is 24.7 Å². The van der Waals surface area contributed by atoms with E-state index in [0.29, 0.717) is 12.4 Å². The van der Waals surface area contributed by atoms with Gasteiger partial charge in [0.15, 0.2) is 9.84 Å². The molecule has 0 amide bonds. The maximum absolute atomic E-state index is 11.7. The lowest BCUT2D eigenvalue weighted by atomic mass is 10.2. The molecule has 1 unspecified atom stereocenters. The molecule has 1 aromatic rings. The largest absolute Gasteiger partial charge is 0.370 e. The van der Waals surface area contributed by atoms with Gasteiger partial charge in [-0.2, -0.15) is 0 Å². The van der Waals surface area contributed by atoms with E-state index in [2.05, 4.69) is 20.2 Å². The van der Waals surface area contributed by atoms with E-state index in [4.69, 9.17) is 0 Å². The molecule has 0 saturated carbocycles. The van der Waals surface area contributed by atoms with Crippen LogP contribution in [0.3, 0.4) is 0 Å². The van der Waals surface area contributed by atoms with Crippen molar-refractivity contribution in [2.24, 2.45) is 0 Å². The highest BCUT2D eigenvalue weighted by atomic mass is 32.2. The summed E-state index contributed by atoms with van der Waals surface area (Å²) in [7, 11) is -2.92. The Morgan fingerprint density at radius 1 is 1.35 bits per heavy atom. The van der Waals surface area contributed by atoms with E-state index < -0.39 is 9.84 Å². The summed E-state index contributed by atoms with van der Waals surface area (Å²) in [6, 6.07) is -0.0590. The smallest absolute Gasteiger partial charge is 0.154 e. The average Bonchev–Trinajstić information content (AvgIpc) is 2.33. The number of anilines is 2. The second-order valence-corrected chi connectivity index (χ2v) is 7.48. The van der Waals surface area contributed by atoms with Crippen LogP contribution in [0.1, 0.15) is 25.2 Å². The van der Waals surface area contributed by atoms with Gasteiger partial charge in [-0.25, -0.2) is 18.4 Å². The molecule has 1 aliphatic rings. The zero-order valence-electron chi connectivity index (χ0n) is 12.5. The van der Waals surface area contributed by atoms with Crippen LogP contribution in [0.5, 0.6) is 0 Å². The first-order chi connectivity index (χ1) is 9.34. The summed E-state index contributed by atoms with van der Waals surface area (Å²) in [6.07, 6.45) is 0. The maximum Gasteiger partial charge on any atom is 0.154 e. The van der Waals surface area contributed by atoms with Gasteiger partial charge in [-0.05, 0) is 27.7 Å². The quantitative estimate of drug-likeness (QED) is 0.902. The number of hydrogen-bond acceptors (Lipinski definition) is 6. The van der Waals surface area contributed by atoms with E-state index >= 15 is 0 Å². The summed E-state index contributed by atoms with van der Waals surface area (Å²) in [6.45, 7) is 9.07. The molecule has 1 fully saturated rings. The lowest BCUT2D eigenvalue weighted by Gasteiger charge is -2.35. The van der Waals surface area contributed by atoms with Crippen molar-refractivity contribution in [2.75, 3.05) is 34.8 Å². The van der Waals surface area contributed by atoms with Gasteiger partial charge < -0.3 is 10.2 Å². The Labute approximate surface area is 120 Å². The highest BCUT2D eigenvalue weighted by Crippen LogP contribution is 2.27. The SMILES string of the molecule is CCNc1nc(C)nc(N2CCS(=O)(=O)CC2C)c1C. The van der Waals surface area contributed by atoms with Gasteiger partial charge in [0.25, 0.3) is 0 Å². The van der Waals surface area contributed by atoms with Crippen molar-refractivity contribution < 1.29 is 8.42 Å². The van der Waals surface area contributed by atoms with Crippen LogP contribution in [0.25, 0.3) is 0 Å². The Morgan fingerprint density at radius 3 is 2.65 bits per heavy atom. The van der Waals surface area contributed by atoms with Crippen LogP contribution in [-0.2, 0) is 9.84 Å². The predicted molar refractivity (Wildman–Crippen MR) is 81.1 cm³/mol. The van der Waals surface area contributed by atoms with E-state index in [1.54, 1.807) is 0 Å². The van der Waals surface area contributed by atoms with E-state index in [1.807, 2.05) is 27.7 Å². The summed E-state index contributed by atoms with van der Waals surface area (Å²) in [5.74, 6) is 2.75. The first kappa shape index (κ1) is 15.0. The molecule has 2 heterocycles. The molecule has 0 radical (unpaired) electrons. The minimum absolute atomic E-state index is 0.0590. The number of nitrogens with one attached hydrogen (secondary N) is 1. The molecule has 1 aliphatic heterocycles. The van der Waals surface area contributed by atoms with E-state index in [-0.39, 0.29) is 17.5 Å². The molecular formula is C13H22N4O2S. The topological polar surface area (TPSA) is 75.2 Å². The average molecular weight is 298 g/mol. The van der Waals surface area contributed by atoms with Crippen LogP contribution in [0, 0.1) is 13.8 Å². The molecule has 6 nitrogen and oxygen atoms in total. The summed E-state index contributed by atoms with van der Waals surface area (Å²) in [4.78, 5) is 11.0. The Kier molecular flexibility index (Phi) is 4.17. The molecule has 112 valence electrons. The number of nitrogens with zero attached hydrogens (tertiary/aromatic N) is 3. The molecular weight excluding hydrogens is 276 g/mol. The van der Waals surface area contributed by atoms with Crippen molar-refractivity contribution in [3.05, 3.63) is 11.4 Å². The number of rotatable bonds is 3. The van der Waals surface area contributed by atoms with Gasteiger partial charge >= 0.3 is 0 Å². The predicted octanol–water partition coefficient (Wildman–Crippen LogP) is 1.15. The van der Waals surface area contributed by atoms with Crippen molar-refractivity contribution in [3.8, 4) is 0 Å². The third kappa shape index (κ3) is 3.03. The van der Waals surface area contributed by atoms with Gasteiger partial charge in [-0.1, -0.05) is 0 Å². The molecule has 1 N–H and O–H groups in total. The Balaban J connectivity index is 2.38. The zero-order valence-corrected chi connectivity index (χ0v) is 13.3. The number of sulfone groups is 1. The number of aryl methyl sites for hydroxylation is 1. The van der Waals surface area contributed by atoms with Crippen LogP contribution in [0.2, 0.25) is 0 Å². The fourth-order valence-corrected chi connectivity index (χ4v) is 4.10. The Hall–Kier alpha value is -1.37. The molecule has 0 bridgehead atoms. The normalized spacial score (nSPS) is 21.8. The highest BCUT2D eigenvalue weighted by Gasteiger charge is 2.30. The monoisotopic (exact) mass is 298 g/mol. The summed E-state index contributed by atoms with van der Waals surface area (Å²) in [5, 5.41) is 3.23. The minimum Gasteiger partial charge on any atom is -0.370 e. The molecule has 1 atom stereocenters. The van der Waals surface area contributed by atoms with Gasteiger partial charge in [0.05, 0.1) is 11.5 Å². The molecule has 0 aliphatic carbocycles. The van der Waals surface area contributed by atoms with Crippen LogP contribution in [-0.4, -0.2) is 49.0 Å². The Morgan fingerprint density at radius 2 is 2.05 bits per heavy atom. The van der Waals surface area contributed by atoms with Crippen LogP contribution >= 0.6 is 0 Å². The van der Waals surface area contributed by atoms with Crippen molar-refractivity contribution in [3.63, 3.8) is 0 Å². The van der Waals surface area contributed by atoms with Crippen molar-refractivity contribution >= 4 is 21.5 Å². The lowest BCUT2D eigenvalue weighted by Crippen LogP contribution is -2.47. The molecule has 7 heteroatoms. The second kappa shape index (κ2) is 5.55. The minimum atomic E-state index is -2.92. The third-order valence-electron chi connectivity index (χ3n) is 3.52. The molecule has 20 heavy (non-hydrogen) atoms. The van der Waals surface area contributed by atoms with E-state index in [0.717, 1.165) is 23.7 Å². The van der Waals surface area contributed by atoms with Crippen molar-refractivity contribution in [1.29, 1.82) is 0 Å². The third-order valence-corrected chi connectivity index (χ3v) is 5.31. The zero-order chi connectivity index (χ0) is 14.9. The first-order valence-corrected chi connectivity index (χ1v) is 8.72. The number of aromatic nitrogens is 2. The Bertz CT molecular complexity index is 601. The van der Waals surface area contributed by atoms with Crippen LogP contribution < -0.4 is 10.2 Å². The molecule has 1 saturated heterocycles. The van der Waals surface area contributed by atoms with Crippen molar-refractivity contribution in [2.45, 2.75) is 33.7 Å².